The van der Waals surface area contributed by atoms with E-state index in [4.69, 9.17) is 20.3 Å². The van der Waals surface area contributed by atoms with Crippen molar-refractivity contribution in [2.24, 2.45) is 5.73 Å². The van der Waals surface area contributed by atoms with Crippen LogP contribution < -0.4 is 15.2 Å². The summed E-state index contributed by atoms with van der Waals surface area (Å²) in [6.45, 7) is 0.0157. The number of benzene rings is 1. The van der Waals surface area contributed by atoms with Crippen LogP contribution in [0.25, 0.3) is 0 Å². The number of carboxylic acids is 1. The first-order chi connectivity index (χ1) is 8.00. The number of aliphatic carboxylic acids is 1. The highest BCUT2D eigenvalue weighted by atomic mass is 79.9. The minimum atomic E-state index is -1.18. The fraction of sp³-hybridized carbons (Fsp3) is 0.300. The maximum Gasteiger partial charge on any atom is 0.320 e. The molecule has 92 valence electrons. The maximum absolute atomic E-state index is 13.8. The number of fused-ring (bicyclic) bond motifs is 1. The molecule has 0 radical (unpaired) electrons. The van der Waals surface area contributed by atoms with Crippen molar-refractivity contribution >= 4 is 21.9 Å². The van der Waals surface area contributed by atoms with Crippen LogP contribution in [0.5, 0.6) is 11.5 Å². The highest BCUT2D eigenvalue weighted by Gasteiger charge is 2.25. The van der Waals surface area contributed by atoms with Crippen molar-refractivity contribution < 1.29 is 23.8 Å². The minimum Gasteiger partial charge on any atom is -0.480 e. The molecule has 0 saturated heterocycles. The van der Waals surface area contributed by atoms with Gasteiger partial charge in [-0.1, -0.05) is 0 Å². The van der Waals surface area contributed by atoms with Gasteiger partial charge in [-0.15, -0.1) is 0 Å². The van der Waals surface area contributed by atoms with Gasteiger partial charge in [-0.3, -0.25) is 4.79 Å². The van der Waals surface area contributed by atoms with Gasteiger partial charge in [-0.05, 0) is 27.6 Å². The molecule has 1 atom stereocenters. The van der Waals surface area contributed by atoms with E-state index in [2.05, 4.69) is 15.9 Å². The molecule has 5 nitrogen and oxygen atoms in total. The number of hydrogen-bond donors (Lipinski definition) is 2. The minimum absolute atomic E-state index is 0.0157. The number of rotatable bonds is 3. The van der Waals surface area contributed by atoms with Gasteiger partial charge in [0, 0.05) is 6.42 Å². The van der Waals surface area contributed by atoms with Crippen molar-refractivity contribution in [1.82, 2.24) is 0 Å². The molecular formula is C10H9BrFNO4. The van der Waals surface area contributed by atoms with Crippen LogP contribution in [0.2, 0.25) is 0 Å². The molecule has 17 heavy (non-hydrogen) atoms. The van der Waals surface area contributed by atoms with Crippen LogP contribution in [0.15, 0.2) is 10.5 Å². The normalized spacial score (nSPS) is 14.8. The third-order valence-electron chi connectivity index (χ3n) is 2.38. The van der Waals surface area contributed by atoms with E-state index in [9.17, 15) is 9.18 Å². The molecule has 1 aliphatic heterocycles. The van der Waals surface area contributed by atoms with Gasteiger partial charge in [0.05, 0.1) is 4.47 Å². The summed E-state index contributed by atoms with van der Waals surface area (Å²) < 4.78 is 24.1. The van der Waals surface area contributed by atoms with Gasteiger partial charge in [0.15, 0.2) is 11.5 Å². The van der Waals surface area contributed by atoms with Crippen LogP contribution in [0.1, 0.15) is 5.56 Å². The molecule has 7 heteroatoms. The summed E-state index contributed by atoms with van der Waals surface area (Å²) in [5.41, 5.74) is 5.54. The predicted molar refractivity (Wildman–Crippen MR) is 59.5 cm³/mol. The van der Waals surface area contributed by atoms with Crippen LogP contribution in [-0.2, 0) is 11.2 Å². The van der Waals surface area contributed by atoms with Gasteiger partial charge in [0.25, 0.3) is 0 Å². The lowest BCUT2D eigenvalue weighted by molar-refractivity contribution is -0.138. The predicted octanol–water partition coefficient (Wildman–Crippen LogP) is 1.27. The molecule has 0 saturated carbocycles. The first-order valence-corrected chi connectivity index (χ1v) is 5.55. The Labute approximate surface area is 104 Å². The fourth-order valence-electron chi connectivity index (χ4n) is 1.50. The van der Waals surface area contributed by atoms with E-state index in [1.54, 1.807) is 0 Å². The maximum atomic E-state index is 13.8. The van der Waals surface area contributed by atoms with Gasteiger partial charge in [0.1, 0.15) is 11.9 Å². The van der Waals surface area contributed by atoms with Crippen LogP contribution >= 0.6 is 15.9 Å². The SMILES string of the molecule is NC(Cc1cc2c(c(Br)c1F)OCO2)C(=O)O. The molecule has 1 unspecified atom stereocenters. The average Bonchev–Trinajstić information content (AvgIpc) is 2.73. The molecule has 2 rings (SSSR count). The van der Waals surface area contributed by atoms with E-state index < -0.39 is 17.8 Å². The Bertz CT molecular complexity index is 480. The van der Waals surface area contributed by atoms with E-state index in [0.29, 0.717) is 5.75 Å². The van der Waals surface area contributed by atoms with Gasteiger partial charge in [-0.25, -0.2) is 4.39 Å². The van der Waals surface area contributed by atoms with Crippen molar-refractivity contribution in [2.45, 2.75) is 12.5 Å². The molecule has 0 aromatic heterocycles. The second kappa shape index (κ2) is 4.50. The molecule has 0 bridgehead atoms. The topological polar surface area (TPSA) is 81.8 Å². The van der Waals surface area contributed by atoms with Gasteiger partial charge in [-0.2, -0.15) is 0 Å². The van der Waals surface area contributed by atoms with E-state index in [0.717, 1.165) is 0 Å². The highest BCUT2D eigenvalue weighted by Crippen LogP contribution is 2.42. The quantitative estimate of drug-likeness (QED) is 0.879. The summed E-state index contributed by atoms with van der Waals surface area (Å²) in [5.74, 6) is -1.09. The highest BCUT2D eigenvalue weighted by molar-refractivity contribution is 9.10. The second-order valence-corrected chi connectivity index (χ2v) is 4.34. The molecule has 1 aliphatic rings. The lowest BCUT2D eigenvalue weighted by Gasteiger charge is -2.10. The summed E-state index contributed by atoms with van der Waals surface area (Å²) in [6, 6.07) is 0.252. The van der Waals surface area contributed by atoms with Gasteiger partial charge in [0.2, 0.25) is 6.79 Å². The summed E-state index contributed by atoms with van der Waals surface area (Å²) in [5, 5.41) is 8.68. The van der Waals surface area contributed by atoms with E-state index in [-0.39, 0.29) is 29.0 Å². The molecule has 1 aromatic carbocycles. The molecule has 0 fully saturated rings. The van der Waals surface area contributed by atoms with Crippen molar-refractivity contribution in [1.29, 1.82) is 0 Å². The largest absolute Gasteiger partial charge is 0.480 e. The standard InChI is InChI=1S/C10H9BrFNO4/c11-7-8(12)4(1-5(13)10(14)15)2-6-9(7)17-3-16-6/h2,5H,1,3,13H2,(H,14,15). The number of ether oxygens (including phenoxy) is 2. The summed E-state index contributed by atoms with van der Waals surface area (Å²) in [7, 11) is 0. The summed E-state index contributed by atoms with van der Waals surface area (Å²) >= 11 is 3.04. The van der Waals surface area contributed by atoms with Crippen LogP contribution in [0, 0.1) is 5.82 Å². The average molecular weight is 306 g/mol. The molecular weight excluding hydrogens is 297 g/mol. The molecule has 3 N–H and O–H groups in total. The lowest BCUT2D eigenvalue weighted by atomic mass is 10.1. The van der Waals surface area contributed by atoms with E-state index in [1.165, 1.54) is 6.07 Å². The first kappa shape index (κ1) is 12.1. The van der Waals surface area contributed by atoms with E-state index >= 15 is 0 Å². The zero-order valence-corrected chi connectivity index (χ0v) is 10.2. The molecule has 0 amide bonds. The summed E-state index contributed by atoms with van der Waals surface area (Å²) in [6.07, 6.45) is -0.115. The first-order valence-electron chi connectivity index (χ1n) is 4.75. The second-order valence-electron chi connectivity index (χ2n) is 3.55. The smallest absolute Gasteiger partial charge is 0.320 e. The number of nitrogens with two attached hydrogens (primary N) is 1. The monoisotopic (exact) mass is 305 g/mol. The summed E-state index contributed by atoms with van der Waals surface area (Å²) in [4.78, 5) is 10.6. The van der Waals surface area contributed by atoms with Crippen LogP contribution in [-0.4, -0.2) is 23.9 Å². The fourth-order valence-corrected chi connectivity index (χ4v) is 2.07. The number of hydrogen-bond acceptors (Lipinski definition) is 4. The molecule has 0 spiro atoms. The zero-order valence-electron chi connectivity index (χ0n) is 8.57. The molecule has 1 heterocycles. The number of carbonyl (C=O) groups is 1. The van der Waals surface area contributed by atoms with Crippen molar-refractivity contribution in [2.75, 3.05) is 6.79 Å². The van der Waals surface area contributed by atoms with Crippen molar-refractivity contribution in [3.63, 3.8) is 0 Å². The van der Waals surface area contributed by atoms with E-state index in [1.807, 2.05) is 0 Å². The Balaban J connectivity index is 2.36. The third-order valence-corrected chi connectivity index (χ3v) is 3.09. The Morgan fingerprint density at radius 3 is 3.00 bits per heavy atom. The van der Waals surface area contributed by atoms with Gasteiger partial charge >= 0.3 is 5.97 Å². The number of carboxylic acid groups (broad SMARTS) is 1. The number of halogens is 2. The van der Waals surface area contributed by atoms with Crippen molar-refractivity contribution in [3.05, 3.63) is 21.9 Å². The van der Waals surface area contributed by atoms with Crippen molar-refractivity contribution in [3.8, 4) is 11.5 Å². The Morgan fingerprint density at radius 1 is 1.65 bits per heavy atom. The Kier molecular flexibility index (Phi) is 3.21. The Hall–Kier alpha value is -1.34. The van der Waals surface area contributed by atoms with Gasteiger partial charge < -0.3 is 20.3 Å². The van der Waals surface area contributed by atoms with Crippen LogP contribution in [0.3, 0.4) is 0 Å². The Morgan fingerprint density at radius 2 is 2.35 bits per heavy atom. The van der Waals surface area contributed by atoms with Crippen LogP contribution in [0.4, 0.5) is 4.39 Å². The zero-order chi connectivity index (χ0) is 12.6. The lowest BCUT2D eigenvalue weighted by Crippen LogP contribution is -2.32. The third kappa shape index (κ3) is 2.20. The molecule has 0 aliphatic carbocycles. The molecule has 1 aromatic rings.